The molecule has 2 N–H and O–H groups in total. The topological polar surface area (TPSA) is 84.5 Å². The molecule has 1 aromatic rings. The first-order valence-corrected chi connectivity index (χ1v) is 7.37. The zero-order valence-corrected chi connectivity index (χ0v) is 13.1. The van der Waals surface area contributed by atoms with Crippen LogP contribution in [0, 0.1) is 0 Å². The fraction of sp³-hybridized carbons (Fsp3) is 0.400. The van der Waals surface area contributed by atoms with Gasteiger partial charge in [0.05, 0.1) is 23.7 Å². The Kier molecular flexibility index (Phi) is 7.99. The number of rotatable bonds is 8. The summed E-state index contributed by atoms with van der Waals surface area (Å²) in [4.78, 5) is 34.5. The standard InChI is InChI=1S/C15H19ClN2O4/c1-2-22-14(20)8-5-9-17-13(19)10-18-15(21)11-6-3-4-7-12(11)16/h3-4,6-7H,2,5,8-10H2,1H3,(H,17,19)(H,18,21). The van der Waals surface area contributed by atoms with Gasteiger partial charge in [0.15, 0.2) is 0 Å². The van der Waals surface area contributed by atoms with Crippen LogP contribution in [-0.2, 0) is 14.3 Å². The number of hydrogen-bond donors (Lipinski definition) is 2. The lowest BCUT2D eigenvalue weighted by Crippen LogP contribution is -2.37. The first-order valence-electron chi connectivity index (χ1n) is 6.99. The molecule has 6 nitrogen and oxygen atoms in total. The summed E-state index contributed by atoms with van der Waals surface area (Å²) in [6.07, 6.45) is 0.739. The molecule has 1 rings (SSSR count). The molecule has 0 atom stereocenters. The second-order valence-electron chi connectivity index (χ2n) is 4.42. The summed E-state index contributed by atoms with van der Waals surface area (Å²) in [6, 6.07) is 6.59. The quantitative estimate of drug-likeness (QED) is 0.560. The fourth-order valence-electron chi connectivity index (χ4n) is 1.66. The van der Waals surface area contributed by atoms with E-state index in [1.165, 1.54) is 0 Å². The van der Waals surface area contributed by atoms with E-state index >= 15 is 0 Å². The van der Waals surface area contributed by atoms with Gasteiger partial charge in [0.2, 0.25) is 5.91 Å². The third-order valence-electron chi connectivity index (χ3n) is 2.71. The Hall–Kier alpha value is -2.08. The van der Waals surface area contributed by atoms with Crippen molar-refractivity contribution in [3.8, 4) is 0 Å². The number of ether oxygens (including phenoxy) is 1. The Balaban J connectivity index is 2.22. The van der Waals surface area contributed by atoms with Crippen LogP contribution in [0.2, 0.25) is 5.02 Å². The van der Waals surface area contributed by atoms with E-state index < -0.39 is 5.91 Å². The maximum absolute atomic E-state index is 11.8. The van der Waals surface area contributed by atoms with E-state index in [0.29, 0.717) is 30.2 Å². The van der Waals surface area contributed by atoms with Crippen molar-refractivity contribution in [2.24, 2.45) is 0 Å². The molecule has 0 aliphatic carbocycles. The van der Waals surface area contributed by atoms with Crippen molar-refractivity contribution in [2.45, 2.75) is 19.8 Å². The lowest BCUT2D eigenvalue weighted by Gasteiger charge is -2.07. The van der Waals surface area contributed by atoms with Gasteiger partial charge in [0, 0.05) is 13.0 Å². The monoisotopic (exact) mass is 326 g/mol. The lowest BCUT2D eigenvalue weighted by atomic mass is 10.2. The van der Waals surface area contributed by atoms with E-state index in [4.69, 9.17) is 16.3 Å². The molecule has 0 aliphatic heterocycles. The predicted octanol–water partition coefficient (Wildman–Crippen LogP) is 1.53. The molecule has 0 radical (unpaired) electrons. The number of hydrogen-bond acceptors (Lipinski definition) is 4. The fourth-order valence-corrected chi connectivity index (χ4v) is 1.88. The molecule has 22 heavy (non-hydrogen) atoms. The van der Waals surface area contributed by atoms with Crippen molar-refractivity contribution in [2.75, 3.05) is 19.7 Å². The third-order valence-corrected chi connectivity index (χ3v) is 3.04. The van der Waals surface area contributed by atoms with Crippen molar-refractivity contribution < 1.29 is 19.1 Å². The predicted molar refractivity (Wildman–Crippen MR) is 82.7 cm³/mol. The van der Waals surface area contributed by atoms with E-state index in [2.05, 4.69) is 10.6 Å². The van der Waals surface area contributed by atoms with Gasteiger partial charge in [-0.25, -0.2) is 0 Å². The number of halogens is 1. The van der Waals surface area contributed by atoms with Gasteiger partial charge in [-0.05, 0) is 25.5 Å². The molecule has 0 heterocycles. The molecular formula is C15H19ClN2O4. The SMILES string of the molecule is CCOC(=O)CCCNC(=O)CNC(=O)c1ccccc1Cl. The summed E-state index contributed by atoms with van der Waals surface area (Å²) >= 11 is 5.89. The van der Waals surface area contributed by atoms with Crippen molar-refractivity contribution >= 4 is 29.4 Å². The highest BCUT2D eigenvalue weighted by atomic mass is 35.5. The molecule has 0 fully saturated rings. The van der Waals surface area contributed by atoms with Crippen LogP contribution < -0.4 is 10.6 Å². The van der Waals surface area contributed by atoms with Crippen molar-refractivity contribution in [1.29, 1.82) is 0 Å². The normalized spacial score (nSPS) is 9.91. The van der Waals surface area contributed by atoms with E-state index in [1.54, 1.807) is 31.2 Å². The average Bonchev–Trinajstić information content (AvgIpc) is 2.50. The minimum absolute atomic E-state index is 0.149. The minimum atomic E-state index is -0.410. The Labute approximate surface area is 134 Å². The highest BCUT2D eigenvalue weighted by Gasteiger charge is 2.10. The first-order chi connectivity index (χ1) is 10.5. The lowest BCUT2D eigenvalue weighted by molar-refractivity contribution is -0.143. The van der Waals surface area contributed by atoms with Crippen LogP contribution >= 0.6 is 11.6 Å². The third kappa shape index (κ3) is 6.58. The molecule has 120 valence electrons. The van der Waals surface area contributed by atoms with Gasteiger partial charge in [-0.15, -0.1) is 0 Å². The second-order valence-corrected chi connectivity index (χ2v) is 4.83. The van der Waals surface area contributed by atoms with Crippen molar-refractivity contribution in [1.82, 2.24) is 10.6 Å². The van der Waals surface area contributed by atoms with Crippen LogP contribution in [0.5, 0.6) is 0 Å². The minimum Gasteiger partial charge on any atom is -0.466 e. The Bertz CT molecular complexity index is 534. The maximum atomic E-state index is 11.8. The molecule has 7 heteroatoms. The smallest absolute Gasteiger partial charge is 0.305 e. The Morgan fingerprint density at radius 3 is 2.59 bits per heavy atom. The molecular weight excluding hydrogens is 308 g/mol. The molecule has 0 spiro atoms. The van der Waals surface area contributed by atoms with Gasteiger partial charge in [0.1, 0.15) is 0 Å². The molecule has 0 aliphatic rings. The number of benzene rings is 1. The summed E-state index contributed by atoms with van der Waals surface area (Å²) in [7, 11) is 0. The van der Waals surface area contributed by atoms with Gasteiger partial charge >= 0.3 is 5.97 Å². The number of nitrogens with one attached hydrogen (secondary N) is 2. The van der Waals surface area contributed by atoms with Crippen LogP contribution in [0.3, 0.4) is 0 Å². The van der Waals surface area contributed by atoms with Gasteiger partial charge in [-0.3, -0.25) is 14.4 Å². The zero-order valence-electron chi connectivity index (χ0n) is 12.4. The molecule has 0 bridgehead atoms. The number of carbonyl (C=O) groups is 3. The number of carbonyl (C=O) groups excluding carboxylic acids is 3. The van der Waals surface area contributed by atoms with Gasteiger partial charge in [0.25, 0.3) is 5.91 Å². The number of esters is 1. The van der Waals surface area contributed by atoms with E-state index in [9.17, 15) is 14.4 Å². The molecule has 2 amide bonds. The van der Waals surface area contributed by atoms with Crippen LogP contribution in [-0.4, -0.2) is 37.5 Å². The first kappa shape index (κ1) is 18.0. The van der Waals surface area contributed by atoms with Crippen molar-refractivity contribution in [3.05, 3.63) is 34.9 Å². The van der Waals surface area contributed by atoms with Crippen molar-refractivity contribution in [3.63, 3.8) is 0 Å². The highest BCUT2D eigenvalue weighted by Crippen LogP contribution is 2.14. The van der Waals surface area contributed by atoms with Gasteiger partial charge in [-0.2, -0.15) is 0 Å². The molecule has 0 saturated heterocycles. The van der Waals surface area contributed by atoms with Gasteiger partial charge in [-0.1, -0.05) is 23.7 Å². The maximum Gasteiger partial charge on any atom is 0.305 e. The molecule has 0 saturated carbocycles. The Morgan fingerprint density at radius 2 is 1.91 bits per heavy atom. The molecule has 1 aromatic carbocycles. The average molecular weight is 327 g/mol. The summed E-state index contributed by atoms with van der Waals surface area (Å²) in [5.74, 6) is -1.03. The second kappa shape index (κ2) is 9.78. The summed E-state index contributed by atoms with van der Waals surface area (Å²) in [5.41, 5.74) is 0.319. The van der Waals surface area contributed by atoms with E-state index in [0.717, 1.165) is 0 Å². The highest BCUT2D eigenvalue weighted by molar-refractivity contribution is 6.33. The van der Waals surface area contributed by atoms with Gasteiger partial charge < -0.3 is 15.4 Å². The molecule has 0 unspecified atom stereocenters. The number of amides is 2. The summed E-state index contributed by atoms with van der Waals surface area (Å²) in [6.45, 7) is 2.28. The molecule has 0 aromatic heterocycles. The van der Waals surface area contributed by atoms with E-state index in [1.807, 2.05) is 0 Å². The van der Waals surface area contributed by atoms with E-state index in [-0.39, 0.29) is 24.8 Å². The van der Waals surface area contributed by atoms with Crippen LogP contribution in [0.4, 0.5) is 0 Å². The largest absolute Gasteiger partial charge is 0.466 e. The zero-order chi connectivity index (χ0) is 16.4. The van der Waals surface area contributed by atoms with Crippen LogP contribution in [0.1, 0.15) is 30.1 Å². The summed E-state index contributed by atoms with van der Waals surface area (Å²) in [5, 5.41) is 5.42. The Morgan fingerprint density at radius 1 is 1.18 bits per heavy atom. The van der Waals surface area contributed by atoms with Crippen LogP contribution in [0.15, 0.2) is 24.3 Å². The van der Waals surface area contributed by atoms with Crippen LogP contribution in [0.25, 0.3) is 0 Å². The summed E-state index contributed by atoms with van der Waals surface area (Å²) < 4.78 is 4.77.